The number of nitrogens with zero attached hydrogens (tertiary/aromatic N) is 2. The molecule has 2 heterocycles. The summed E-state index contributed by atoms with van der Waals surface area (Å²) in [6, 6.07) is 3.39. The van der Waals surface area contributed by atoms with Crippen molar-refractivity contribution in [3.8, 4) is 10.6 Å². The van der Waals surface area contributed by atoms with Gasteiger partial charge in [0.25, 0.3) is 5.56 Å². The van der Waals surface area contributed by atoms with Gasteiger partial charge in [0.2, 0.25) is 0 Å². The minimum absolute atomic E-state index is 0.0425. The van der Waals surface area contributed by atoms with Gasteiger partial charge >= 0.3 is 11.7 Å². The fourth-order valence-electron chi connectivity index (χ4n) is 1.24. The number of thiophene rings is 1. The number of nitrogens with one attached hydrogen (secondary N) is 1. The summed E-state index contributed by atoms with van der Waals surface area (Å²) < 4.78 is 0.707. The SMILES string of the molecule is O=C(O)Cn1nc(-c2cccs2)c(=O)[nH]c1=O. The lowest BCUT2D eigenvalue weighted by Gasteiger charge is -2.01. The van der Waals surface area contributed by atoms with Crippen molar-refractivity contribution >= 4 is 17.3 Å². The van der Waals surface area contributed by atoms with Crippen LogP contribution in [0, 0.1) is 0 Å². The van der Waals surface area contributed by atoms with Gasteiger partial charge in [0, 0.05) is 0 Å². The van der Waals surface area contributed by atoms with Crippen molar-refractivity contribution in [3.05, 3.63) is 38.4 Å². The summed E-state index contributed by atoms with van der Waals surface area (Å²) in [6.07, 6.45) is 0. The Labute approximate surface area is 98.0 Å². The average molecular weight is 253 g/mol. The lowest BCUT2D eigenvalue weighted by molar-refractivity contribution is -0.138. The smallest absolute Gasteiger partial charge is 0.345 e. The summed E-state index contributed by atoms with van der Waals surface area (Å²) in [5, 5.41) is 14.1. The normalized spacial score (nSPS) is 10.4. The lowest BCUT2D eigenvalue weighted by Crippen LogP contribution is -2.35. The Morgan fingerprint density at radius 1 is 1.53 bits per heavy atom. The van der Waals surface area contributed by atoms with Gasteiger partial charge in [-0.15, -0.1) is 11.3 Å². The van der Waals surface area contributed by atoms with Gasteiger partial charge in [0.1, 0.15) is 6.54 Å². The molecule has 0 aliphatic rings. The molecule has 2 aromatic rings. The Bertz CT molecular complexity index is 656. The molecule has 0 saturated heterocycles. The van der Waals surface area contributed by atoms with E-state index in [0.717, 1.165) is 0 Å². The van der Waals surface area contributed by atoms with Gasteiger partial charge in [-0.3, -0.25) is 14.6 Å². The van der Waals surface area contributed by atoms with Crippen molar-refractivity contribution < 1.29 is 9.90 Å². The summed E-state index contributed by atoms with van der Waals surface area (Å²) in [4.78, 5) is 35.9. The zero-order chi connectivity index (χ0) is 12.4. The summed E-state index contributed by atoms with van der Waals surface area (Å²) in [7, 11) is 0. The summed E-state index contributed by atoms with van der Waals surface area (Å²) in [5.41, 5.74) is -1.42. The first-order valence-corrected chi connectivity index (χ1v) is 5.43. The molecule has 8 heteroatoms. The number of hydrogen-bond acceptors (Lipinski definition) is 5. The quantitative estimate of drug-likeness (QED) is 0.784. The van der Waals surface area contributed by atoms with Crippen LogP contribution >= 0.6 is 11.3 Å². The molecular weight excluding hydrogens is 246 g/mol. The number of carboxylic acid groups (broad SMARTS) is 1. The Balaban J connectivity index is 2.58. The van der Waals surface area contributed by atoms with Crippen LogP contribution in [0.15, 0.2) is 27.1 Å². The summed E-state index contributed by atoms with van der Waals surface area (Å²) >= 11 is 1.28. The highest BCUT2D eigenvalue weighted by molar-refractivity contribution is 7.13. The van der Waals surface area contributed by atoms with Crippen molar-refractivity contribution in [1.29, 1.82) is 0 Å². The third kappa shape index (κ3) is 2.31. The molecule has 0 bridgehead atoms. The van der Waals surface area contributed by atoms with Gasteiger partial charge in [-0.2, -0.15) is 5.10 Å². The second-order valence-electron chi connectivity index (χ2n) is 3.14. The number of hydrogen-bond donors (Lipinski definition) is 2. The van der Waals surface area contributed by atoms with E-state index < -0.39 is 23.8 Å². The van der Waals surface area contributed by atoms with Crippen molar-refractivity contribution in [3.63, 3.8) is 0 Å². The first-order chi connectivity index (χ1) is 8.08. The Hall–Kier alpha value is -2.22. The molecule has 0 saturated carbocycles. The van der Waals surface area contributed by atoms with Crippen molar-refractivity contribution in [2.24, 2.45) is 0 Å². The highest BCUT2D eigenvalue weighted by Crippen LogP contribution is 2.18. The van der Waals surface area contributed by atoms with Crippen LogP contribution in [0.2, 0.25) is 0 Å². The monoisotopic (exact) mass is 253 g/mol. The number of rotatable bonds is 3. The van der Waals surface area contributed by atoms with Crippen LogP contribution < -0.4 is 11.2 Å². The molecule has 2 rings (SSSR count). The third-order valence-electron chi connectivity index (χ3n) is 1.93. The van der Waals surface area contributed by atoms with Crippen LogP contribution in [-0.2, 0) is 11.3 Å². The molecule has 88 valence electrons. The molecule has 0 atom stereocenters. The van der Waals surface area contributed by atoms with E-state index in [1.807, 2.05) is 4.98 Å². The summed E-state index contributed by atoms with van der Waals surface area (Å²) in [5.74, 6) is -1.20. The lowest BCUT2D eigenvalue weighted by atomic mass is 10.4. The van der Waals surface area contributed by atoms with Gasteiger partial charge in [0.05, 0.1) is 4.88 Å². The molecule has 2 N–H and O–H groups in total. The highest BCUT2D eigenvalue weighted by Gasteiger charge is 2.11. The van der Waals surface area contributed by atoms with E-state index in [1.54, 1.807) is 17.5 Å². The molecule has 0 spiro atoms. The van der Waals surface area contributed by atoms with Gasteiger partial charge < -0.3 is 5.11 Å². The average Bonchev–Trinajstić information content (AvgIpc) is 2.74. The maximum absolute atomic E-state index is 11.5. The van der Waals surface area contributed by atoms with E-state index in [2.05, 4.69) is 5.10 Å². The van der Waals surface area contributed by atoms with E-state index in [9.17, 15) is 14.4 Å². The summed E-state index contributed by atoms with van der Waals surface area (Å²) in [6.45, 7) is -0.589. The molecular formula is C9H7N3O4S. The number of aromatic amines is 1. The van der Waals surface area contributed by atoms with Crippen LogP contribution in [0.25, 0.3) is 10.6 Å². The number of H-pyrrole nitrogens is 1. The fourth-order valence-corrected chi connectivity index (χ4v) is 1.95. The number of aliphatic carboxylic acids is 1. The molecule has 17 heavy (non-hydrogen) atoms. The second kappa shape index (κ2) is 4.34. The van der Waals surface area contributed by atoms with Gasteiger partial charge in [0.15, 0.2) is 5.69 Å². The van der Waals surface area contributed by atoms with Gasteiger partial charge in [-0.1, -0.05) is 6.07 Å². The predicted molar refractivity (Wildman–Crippen MR) is 60.1 cm³/mol. The van der Waals surface area contributed by atoms with Crippen molar-refractivity contribution in [1.82, 2.24) is 14.8 Å². The molecule has 0 amide bonds. The van der Waals surface area contributed by atoms with Crippen LogP contribution in [0.1, 0.15) is 0 Å². The Kier molecular flexibility index (Phi) is 2.88. The molecule has 0 aliphatic heterocycles. The molecule has 2 aromatic heterocycles. The zero-order valence-electron chi connectivity index (χ0n) is 8.41. The molecule has 0 fully saturated rings. The molecule has 0 unspecified atom stereocenters. The molecule has 0 aliphatic carbocycles. The maximum Gasteiger partial charge on any atom is 0.345 e. The van der Waals surface area contributed by atoms with Crippen LogP contribution in [0.3, 0.4) is 0 Å². The standard InChI is InChI=1S/C9H7N3O4S/c13-6(14)4-12-9(16)10-8(15)7(11-12)5-2-1-3-17-5/h1-3H,4H2,(H,13,14)(H,10,15,16). The second-order valence-corrected chi connectivity index (χ2v) is 4.08. The minimum Gasteiger partial charge on any atom is -0.480 e. The van der Waals surface area contributed by atoms with E-state index in [-0.39, 0.29) is 5.69 Å². The van der Waals surface area contributed by atoms with E-state index in [1.165, 1.54) is 11.3 Å². The van der Waals surface area contributed by atoms with E-state index in [0.29, 0.717) is 9.56 Å². The molecule has 0 radical (unpaired) electrons. The number of carbonyl (C=O) groups is 1. The Morgan fingerprint density at radius 2 is 2.29 bits per heavy atom. The zero-order valence-corrected chi connectivity index (χ0v) is 9.23. The van der Waals surface area contributed by atoms with Gasteiger partial charge in [-0.05, 0) is 11.4 Å². The largest absolute Gasteiger partial charge is 0.480 e. The van der Waals surface area contributed by atoms with E-state index in [4.69, 9.17) is 5.11 Å². The van der Waals surface area contributed by atoms with Crippen LogP contribution in [0.4, 0.5) is 0 Å². The number of carboxylic acids is 1. The fraction of sp³-hybridized carbons (Fsp3) is 0.111. The van der Waals surface area contributed by atoms with Crippen molar-refractivity contribution in [2.75, 3.05) is 0 Å². The third-order valence-corrected chi connectivity index (χ3v) is 2.81. The highest BCUT2D eigenvalue weighted by atomic mass is 32.1. The van der Waals surface area contributed by atoms with E-state index >= 15 is 0 Å². The first kappa shape index (κ1) is 11.3. The molecule has 7 nitrogen and oxygen atoms in total. The first-order valence-electron chi connectivity index (χ1n) is 4.55. The minimum atomic E-state index is -1.20. The Morgan fingerprint density at radius 3 is 2.88 bits per heavy atom. The maximum atomic E-state index is 11.5. The van der Waals surface area contributed by atoms with Gasteiger partial charge in [-0.25, -0.2) is 9.48 Å². The predicted octanol–water partition coefficient (Wildman–Crippen LogP) is -0.255. The van der Waals surface area contributed by atoms with Crippen LogP contribution in [-0.4, -0.2) is 25.8 Å². The van der Waals surface area contributed by atoms with Crippen LogP contribution in [0.5, 0.6) is 0 Å². The van der Waals surface area contributed by atoms with Crippen molar-refractivity contribution in [2.45, 2.75) is 6.54 Å². The number of aromatic nitrogens is 3. The molecule has 0 aromatic carbocycles. The topological polar surface area (TPSA) is 105 Å².